The quantitative estimate of drug-likeness (QED) is 0.499. The molecule has 0 heterocycles. The third-order valence-electron chi connectivity index (χ3n) is 2.70. The second-order valence-corrected chi connectivity index (χ2v) is 4.57. The van der Waals surface area contributed by atoms with Crippen LogP contribution in [0.1, 0.15) is 47.0 Å². The summed E-state index contributed by atoms with van der Waals surface area (Å²) in [6, 6.07) is 0. The second kappa shape index (κ2) is 5.59. The molecule has 0 radical (unpaired) electrons. The van der Waals surface area contributed by atoms with Crippen molar-refractivity contribution in [3.63, 3.8) is 0 Å². The smallest absolute Gasteiger partial charge is 0.211 e. The average molecular weight is 210 g/mol. The number of hydrogen-bond acceptors (Lipinski definition) is 4. The van der Waals surface area contributed by atoms with E-state index in [1.165, 1.54) is 0 Å². The van der Waals surface area contributed by atoms with Crippen molar-refractivity contribution in [3.05, 3.63) is 0 Å². The second-order valence-electron chi connectivity index (χ2n) is 4.57. The van der Waals surface area contributed by atoms with Crippen molar-refractivity contribution >= 4 is 12.2 Å². The van der Waals surface area contributed by atoms with Crippen LogP contribution in [-0.4, -0.2) is 23.2 Å². The van der Waals surface area contributed by atoms with Crippen molar-refractivity contribution in [3.8, 4) is 0 Å². The van der Waals surface area contributed by atoms with Gasteiger partial charge in [0, 0.05) is 0 Å². The Morgan fingerprint density at radius 2 is 1.53 bits per heavy atom. The lowest BCUT2D eigenvalue weighted by atomic mass is 9.87. The van der Waals surface area contributed by atoms with Gasteiger partial charge in [-0.25, -0.2) is 9.59 Å². The Bertz CT molecular complexity index is 300. The van der Waals surface area contributed by atoms with Crippen LogP contribution in [0.25, 0.3) is 0 Å². The lowest BCUT2D eigenvalue weighted by Gasteiger charge is -2.25. The zero-order chi connectivity index (χ0) is 11.9. The summed E-state index contributed by atoms with van der Waals surface area (Å²) in [5.74, 6) is 0. The van der Waals surface area contributed by atoms with Gasteiger partial charge < -0.3 is 0 Å². The van der Waals surface area contributed by atoms with Crippen LogP contribution in [0.2, 0.25) is 0 Å². The van der Waals surface area contributed by atoms with Gasteiger partial charge in [0.1, 0.15) is 0 Å². The first-order chi connectivity index (χ1) is 6.89. The standard InChI is InChI=1S/C11H18N2O2/c1-5-11(4,13-9-15)7-6-10(2,3)12-8-14/h5-7H2,1-4H3. The minimum absolute atomic E-state index is 0.391. The van der Waals surface area contributed by atoms with Gasteiger partial charge in [0.05, 0.1) is 11.1 Å². The van der Waals surface area contributed by atoms with Crippen molar-refractivity contribution in [2.75, 3.05) is 0 Å². The van der Waals surface area contributed by atoms with Crippen LogP contribution < -0.4 is 0 Å². The Balaban J connectivity index is 4.47. The molecule has 0 aromatic rings. The topological polar surface area (TPSA) is 58.9 Å². The predicted molar refractivity (Wildman–Crippen MR) is 58.3 cm³/mol. The normalized spacial score (nSPS) is 14.7. The van der Waals surface area contributed by atoms with Crippen LogP contribution in [0.5, 0.6) is 0 Å². The number of carbonyl (C=O) groups excluding carboxylic acids is 2. The summed E-state index contributed by atoms with van der Waals surface area (Å²) in [6.07, 6.45) is 5.32. The summed E-state index contributed by atoms with van der Waals surface area (Å²) >= 11 is 0. The molecule has 0 spiro atoms. The summed E-state index contributed by atoms with van der Waals surface area (Å²) in [7, 11) is 0. The molecule has 0 aromatic carbocycles. The molecule has 1 unspecified atom stereocenters. The van der Waals surface area contributed by atoms with Crippen molar-refractivity contribution in [2.24, 2.45) is 9.98 Å². The van der Waals surface area contributed by atoms with Crippen LogP contribution in [-0.2, 0) is 9.59 Å². The summed E-state index contributed by atoms with van der Waals surface area (Å²) in [4.78, 5) is 27.9. The van der Waals surface area contributed by atoms with Crippen molar-refractivity contribution in [1.82, 2.24) is 0 Å². The van der Waals surface area contributed by atoms with Crippen LogP contribution in [0.15, 0.2) is 9.98 Å². The predicted octanol–water partition coefficient (Wildman–Crippen LogP) is 2.39. The third kappa shape index (κ3) is 5.26. The van der Waals surface area contributed by atoms with Gasteiger partial charge in [-0.1, -0.05) is 6.92 Å². The summed E-state index contributed by atoms with van der Waals surface area (Å²) in [5.41, 5.74) is -0.825. The Kier molecular flexibility index (Phi) is 5.13. The molecule has 1 atom stereocenters. The highest BCUT2D eigenvalue weighted by atomic mass is 16.1. The monoisotopic (exact) mass is 210 g/mol. The van der Waals surface area contributed by atoms with E-state index in [4.69, 9.17) is 0 Å². The van der Waals surface area contributed by atoms with Crippen molar-refractivity contribution in [2.45, 2.75) is 58.0 Å². The van der Waals surface area contributed by atoms with E-state index in [9.17, 15) is 9.59 Å². The Labute approximate surface area is 90.5 Å². The van der Waals surface area contributed by atoms with E-state index >= 15 is 0 Å². The van der Waals surface area contributed by atoms with Gasteiger partial charge in [0.25, 0.3) is 0 Å². The highest BCUT2D eigenvalue weighted by Crippen LogP contribution is 2.26. The van der Waals surface area contributed by atoms with Gasteiger partial charge in [-0.3, -0.25) is 0 Å². The summed E-state index contributed by atoms with van der Waals surface area (Å²) in [5, 5.41) is 0. The molecular weight excluding hydrogens is 192 g/mol. The molecule has 84 valence electrons. The maximum absolute atomic E-state index is 10.3. The molecule has 0 aliphatic heterocycles. The first-order valence-electron chi connectivity index (χ1n) is 5.07. The fraction of sp³-hybridized carbons (Fsp3) is 0.818. The molecule has 15 heavy (non-hydrogen) atoms. The van der Waals surface area contributed by atoms with E-state index in [2.05, 4.69) is 9.98 Å². The first-order valence-corrected chi connectivity index (χ1v) is 5.07. The fourth-order valence-electron chi connectivity index (χ4n) is 1.18. The van der Waals surface area contributed by atoms with Crippen molar-refractivity contribution < 1.29 is 9.59 Å². The summed E-state index contributed by atoms with van der Waals surface area (Å²) in [6.45, 7) is 7.59. The maximum atomic E-state index is 10.3. The zero-order valence-corrected chi connectivity index (χ0v) is 9.83. The Hall–Kier alpha value is -1.24. The number of rotatable bonds is 6. The highest BCUT2D eigenvalue weighted by molar-refractivity contribution is 5.35. The lowest BCUT2D eigenvalue weighted by molar-refractivity contribution is 0.349. The van der Waals surface area contributed by atoms with Gasteiger partial charge in [-0.15, -0.1) is 0 Å². The van der Waals surface area contributed by atoms with Crippen LogP contribution >= 0.6 is 0 Å². The Morgan fingerprint density at radius 1 is 1.00 bits per heavy atom. The van der Waals surface area contributed by atoms with Gasteiger partial charge in [-0.2, -0.15) is 9.98 Å². The van der Waals surface area contributed by atoms with Gasteiger partial charge in [0.2, 0.25) is 12.2 Å². The number of hydrogen-bond donors (Lipinski definition) is 0. The molecule has 0 amide bonds. The molecule has 0 saturated carbocycles. The van der Waals surface area contributed by atoms with Gasteiger partial charge in [-0.05, 0) is 40.0 Å². The third-order valence-corrected chi connectivity index (χ3v) is 2.70. The molecule has 0 aliphatic carbocycles. The lowest BCUT2D eigenvalue weighted by Crippen LogP contribution is -2.26. The largest absolute Gasteiger partial charge is 0.235 e. The number of aliphatic imine (C=N–C) groups is 2. The number of isocyanates is 2. The molecule has 4 nitrogen and oxygen atoms in total. The number of nitrogens with zero attached hydrogens (tertiary/aromatic N) is 2. The molecule has 0 rings (SSSR count). The fourth-order valence-corrected chi connectivity index (χ4v) is 1.18. The molecular formula is C11H18N2O2. The van der Waals surface area contributed by atoms with Crippen LogP contribution in [0.3, 0.4) is 0 Å². The molecule has 0 aromatic heterocycles. The van der Waals surface area contributed by atoms with Gasteiger partial charge in [0.15, 0.2) is 0 Å². The molecule has 0 fully saturated rings. The minimum atomic E-state index is -0.434. The highest BCUT2D eigenvalue weighted by Gasteiger charge is 2.26. The molecule has 0 aliphatic rings. The van der Waals surface area contributed by atoms with E-state index in [1.807, 2.05) is 27.7 Å². The van der Waals surface area contributed by atoms with E-state index in [-0.39, 0.29) is 0 Å². The molecule has 0 bridgehead atoms. The van der Waals surface area contributed by atoms with E-state index in [0.717, 1.165) is 6.42 Å². The van der Waals surface area contributed by atoms with E-state index in [0.29, 0.717) is 12.8 Å². The molecule has 4 heteroatoms. The zero-order valence-electron chi connectivity index (χ0n) is 9.83. The summed E-state index contributed by atoms with van der Waals surface area (Å²) < 4.78 is 0. The van der Waals surface area contributed by atoms with Crippen LogP contribution in [0, 0.1) is 0 Å². The van der Waals surface area contributed by atoms with E-state index < -0.39 is 11.1 Å². The SMILES string of the molecule is CCC(C)(CCC(C)(C)N=C=O)N=C=O. The first kappa shape index (κ1) is 13.8. The molecule has 0 N–H and O–H groups in total. The van der Waals surface area contributed by atoms with Crippen molar-refractivity contribution in [1.29, 1.82) is 0 Å². The van der Waals surface area contributed by atoms with Crippen LogP contribution in [0.4, 0.5) is 0 Å². The molecule has 0 saturated heterocycles. The van der Waals surface area contributed by atoms with E-state index in [1.54, 1.807) is 12.2 Å². The Morgan fingerprint density at radius 3 is 1.93 bits per heavy atom. The maximum Gasteiger partial charge on any atom is 0.235 e. The minimum Gasteiger partial charge on any atom is -0.211 e. The van der Waals surface area contributed by atoms with Gasteiger partial charge >= 0.3 is 0 Å². The average Bonchev–Trinajstić information content (AvgIpc) is 2.16.